The Kier molecular flexibility index (Phi) is 4.35. The van der Waals surface area contributed by atoms with Crippen LogP contribution >= 0.6 is 0 Å². The molecule has 0 amide bonds. The molecular weight excluding hydrogens is 266 g/mol. The highest BCUT2D eigenvalue weighted by Crippen LogP contribution is 2.31. The summed E-state index contributed by atoms with van der Waals surface area (Å²) in [5, 5.41) is 12.0. The summed E-state index contributed by atoms with van der Waals surface area (Å²) in [6.07, 6.45) is 0.762. The van der Waals surface area contributed by atoms with Crippen molar-refractivity contribution in [2.45, 2.75) is 31.5 Å². The fraction of sp³-hybridized carbons (Fsp3) is 0.500. The summed E-state index contributed by atoms with van der Waals surface area (Å²) >= 11 is 0. The quantitative estimate of drug-likeness (QED) is 0.885. The van der Waals surface area contributed by atoms with Gasteiger partial charge in [0.2, 0.25) is 0 Å². The van der Waals surface area contributed by atoms with Gasteiger partial charge in [-0.3, -0.25) is 15.0 Å². The van der Waals surface area contributed by atoms with Crippen LogP contribution in [0.4, 0.5) is 8.78 Å². The molecule has 2 rings (SSSR count). The highest BCUT2D eigenvalue weighted by atomic mass is 19.2. The van der Waals surface area contributed by atoms with Gasteiger partial charge in [0.25, 0.3) is 0 Å². The van der Waals surface area contributed by atoms with Crippen molar-refractivity contribution in [3.63, 3.8) is 0 Å². The van der Waals surface area contributed by atoms with E-state index in [2.05, 4.69) is 5.32 Å². The zero-order valence-electron chi connectivity index (χ0n) is 11.4. The molecule has 0 saturated carbocycles. The first kappa shape index (κ1) is 14.9. The van der Waals surface area contributed by atoms with Gasteiger partial charge in [-0.05, 0) is 38.1 Å². The van der Waals surface area contributed by atoms with Gasteiger partial charge in [0.15, 0.2) is 11.6 Å². The van der Waals surface area contributed by atoms with Crippen LogP contribution < -0.4 is 5.32 Å². The topological polar surface area (TPSA) is 52.6 Å². The van der Waals surface area contributed by atoms with Crippen LogP contribution in [-0.2, 0) is 4.79 Å². The largest absolute Gasteiger partial charge is 0.480 e. The predicted molar refractivity (Wildman–Crippen MR) is 70.4 cm³/mol. The summed E-state index contributed by atoms with van der Waals surface area (Å²) in [5.74, 6) is -2.69. The van der Waals surface area contributed by atoms with E-state index in [0.717, 1.165) is 19.0 Å². The molecule has 1 aromatic carbocycles. The summed E-state index contributed by atoms with van der Waals surface area (Å²) in [6.45, 7) is 2.34. The van der Waals surface area contributed by atoms with Crippen molar-refractivity contribution in [3.05, 3.63) is 35.4 Å². The number of hydrogen-bond acceptors (Lipinski definition) is 3. The van der Waals surface area contributed by atoms with E-state index in [4.69, 9.17) is 5.11 Å². The molecule has 1 heterocycles. The third-order valence-corrected chi connectivity index (χ3v) is 3.77. The number of halogens is 2. The molecule has 6 heteroatoms. The Bertz CT molecular complexity index is 510. The summed E-state index contributed by atoms with van der Waals surface area (Å²) < 4.78 is 26.4. The Labute approximate surface area is 116 Å². The molecular formula is C14H18F2N2O2. The summed E-state index contributed by atoms with van der Waals surface area (Å²) in [7, 11) is 1.89. The number of nitrogens with one attached hydrogen (secondary N) is 1. The number of aliphatic carboxylic acids is 1. The van der Waals surface area contributed by atoms with Gasteiger partial charge >= 0.3 is 5.97 Å². The predicted octanol–water partition coefficient (Wildman–Crippen LogP) is 1.77. The van der Waals surface area contributed by atoms with Crippen LogP contribution in [0.1, 0.15) is 24.9 Å². The average Bonchev–Trinajstić information content (AvgIpc) is 2.74. The first-order chi connectivity index (χ1) is 9.40. The minimum absolute atomic E-state index is 0.101. The van der Waals surface area contributed by atoms with Crippen LogP contribution in [0.3, 0.4) is 0 Å². The number of likely N-dealkylation sites (N-methyl/N-ethyl adjacent to an activating group) is 1. The number of carboxylic acids is 1. The third-order valence-electron chi connectivity index (χ3n) is 3.77. The number of carboxylic acid groups (broad SMARTS) is 1. The van der Waals surface area contributed by atoms with Gasteiger partial charge in [0.05, 0.1) is 0 Å². The smallest absolute Gasteiger partial charge is 0.320 e. The molecule has 1 aliphatic heterocycles. The minimum atomic E-state index is -0.927. The molecule has 1 aliphatic rings. The Morgan fingerprint density at radius 1 is 1.45 bits per heavy atom. The lowest BCUT2D eigenvalue weighted by Gasteiger charge is -2.27. The maximum Gasteiger partial charge on any atom is 0.320 e. The molecule has 0 radical (unpaired) electrons. The van der Waals surface area contributed by atoms with Crippen molar-refractivity contribution in [2.75, 3.05) is 13.6 Å². The van der Waals surface area contributed by atoms with E-state index in [9.17, 15) is 13.6 Å². The zero-order chi connectivity index (χ0) is 14.9. The molecule has 4 nitrogen and oxygen atoms in total. The van der Waals surface area contributed by atoms with Crippen LogP contribution in [0.2, 0.25) is 0 Å². The molecule has 0 bridgehead atoms. The number of likely N-dealkylation sites (tertiary alicyclic amines) is 1. The normalized spacial score (nSPS) is 24.8. The molecule has 2 N–H and O–H groups in total. The lowest BCUT2D eigenvalue weighted by atomic mass is 9.99. The summed E-state index contributed by atoms with van der Waals surface area (Å²) in [5.41, 5.74) is 0.652. The second-order valence-electron chi connectivity index (χ2n) is 5.22. The third kappa shape index (κ3) is 2.96. The maximum atomic E-state index is 13.4. The maximum absolute atomic E-state index is 13.4. The molecule has 0 aliphatic carbocycles. The number of benzene rings is 1. The van der Waals surface area contributed by atoms with E-state index in [0.29, 0.717) is 5.56 Å². The number of rotatable bonds is 4. The monoisotopic (exact) mass is 284 g/mol. The van der Waals surface area contributed by atoms with Crippen LogP contribution in [0, 0.1) is 11.6 Å². The molecule has 0 aromatic heterocycles. The first-order valence-corrected chi connectivity index (χ1v) is 6.54. The first-order valence-electron chi connectivity index (χ1n) is 6.54. The second-order valence-corrected chi connectivity index (χ2v) is 5.22. The van der Waals surface area contributed by atoms with Gasteiger partial charge in [-0.1, -0.05) is 6.07 Å². The minimum Gasteiger partial charge on any atom is -0.480 e. The lowest BCUT2D eigenvalue weighted by molar-refractivity contribution is -0.139. The number of carbonyl (C=O) groups is 1. The molecule has 3 atom stereocenters. The Balaban J connectivity index is 2.21. The van der Waals surface area contributed by atoms with E-state index < -0.39 is 23.6 Å². The molecule has 0 spiro atoms. The van der Waals surface area contributed by atoms with Crippen molar-refractivity contribution in [1.82, 2.24) is 10.2 Å². The molecule has 0 unspecified atom stereocenters. The van der Waals surface area contributed by atoms with Gasteiger partial charge in [-0.15, -0.1) is 0 Å². The van der Waals surface area contributed by atoms with Gasteiger partial charge in [-0.2, -0.15) is 0 Å². The van der Waals surface area contributed by atoms with Crippen molar-refractivity contribution >= 4 is 5.97 Å². The summed E-state index contributed by atoms with van der Waals surface area (Å²) in [4.78, 5) is 12.9. The number of hydrogen-bond donors (Lipinski definition) is 2. The van der Waals surface area contributed by atoms with E-state index in [-0.39, 0.29) is 12.1 Å². The van der Waals surface area contributed by atoms with Crippen molar-refractivity contribution in [1.29, 1.82) is 0 Å². The van der Waals surface area contributed by atoms with Crippen LogP contribution in [-0.4, -0.2) is 41.7 Å². The zero-order valence-corrected chi connectivity index (χ0v) is 11.4. The molecule has 1 saturated heterocycles. The molecule has 1 fully saturated rings. The van der Waals surface area contributed by atoms with E-state index in [1.165, 1.54) is 6.07 Å². The highest BCUT2D eigenvalue weighted by Gasteiger charge is 2.34. The summed E-state index contributed by atoms with van der Waals surface area (Å²) in [6, 6.07) is 2.89. The standard InChI is InChI=1S/C14H18F2N2O2/c1-8(14(19)20)17-12-5-6-18(2)13(12)9-3-4-10(15)11(16)7-9/h3-4,7-8,12-13,17H,5-6H2,1-2H3,(H,19,20)/t8-,12-,13-/m0/s1. The van der Waals surface area contributed by atoms with Crippen LogP contribution in [0.5, 0.6) is 0 Å². The average molecular weight is 284 g/mol. The van der Waals surface area contributed by atoms with Crippen LogP contribution in [0.15, 0.2) is 18.2 Å². The molecule has 110 valence electrons. The number of nitrogens with zero attached hydrogens (tertiary/aromatic N) is 1. The Hall–Kier alpha value is -1.53. The highest BCUT2D eigenvalue weighted by molar-refractivity contribution is 5.72. The fourth-order valence-electron chi connectivity index (χ4n) is 2.70. The molecule has 1 aromatic rings. The van der Waals surface area contributed by atoms with E-state index in [1.54, 1.807) is 13.0 Å². The van der Waals surface area contributed by atoms with Crippen molar-refractivity contribution in [2.24, 2.45) is 0 Å². The van der Waals surface area contributed by atoms with Crippen molar-refractivity contribution < 1.29 is 18.7 Å². The lowest BCUT2D eigenvalue weighted by Crippen LogP contribution is -2.43. The Morgan fingerprint density at radius 2 is 2.15 bits per heavy atom. The Morgan fingerprint density at radius 3 is 2.75 bits per heavy atom. The van der Waals surface area contributed by atoms with Gasteiger partial charge in [0, 0.05) is 18.6 Å². The molecule has 20 heavy (non-hydrogen) atoms. The SMILES string of the molecule is C[C@H](N[C@H]1CCN(C)[C@H]1c1ccc(F)c(F)c1)C(=O)O. The van der Waals surface area contributed by atoms with E-state index >= 15 is 0 Å². The van der Waals surface area contributed by atoms with Gasteiger partial charge in [0.1, 0.15) is 6.04 Å². The van der Waals surface area contributed by atoms with Gasteiger partial charge in [-0.25, -0.2) is 8.78 Å². The van der Waals surface area contributed by atoms with Gasteiger partial charge < -0.3 is 5.11 Å². The van der Waals surface area contributed by atoms with Crippen LogP contribution in [0.25, 0.3) is 0 Å². The fourth-order valence-corrected chi connectivity index (χ4v) is 2.70. The van der Waals surface area contributed by atoms with E-state index in [1.807, 2.05) is 11.9 Å². The van der Waals surface area contributed by atoms with Crippen molar-refractivity contribution in [3.8, 4) is 0 Å². The second kappa shape index (κ2) is 5.85.